The second kappa shape index (κ2) is 7.84. The zero-order valence-corrected chi connectivity index (χ0v) is 13.3. The maximum Gasteiger partial charge on any atom is 0.315 e. The van der Waals surface area contributed by atoms with E-state index in [9.17, 15) is 4.79 Å². The number of aliphatic hydroxyl groups excluding tert-OH is 1. The Bertz CT molecular complexity index is 621. The van der Waals surface area contributed by atoms with Crippen LogP contribution in [0.15, 0.2) is 24.4 Å². The van der Waals surface area contributed by atoms with Gasteiger partial charge in [0.25, 0.3) is 0 Å². The monoisotopic (exact) mass is 303 g/mol. The Hall–Kier alpha value is -2.01. The first kappa shape index (κ1) is 16.4. The van der Waals surface area contributed by atoms with Crippen molar-refractivity contribution in [2.75, 3.05) is 13.2 Å². The fraction of sp³-hybridized carbons (Fsp3) is 0.471. The predicted octanol–water partition coefficient (Wildman–Crippen LogP) is 2.48. The number of aromatic nitrogens is 1. The number of aliphatic hydroxyl groups is 1. The van der Waals surface area contributed by atoms with Crippen LogP contribution in [0.5, 0.6) is 0 Å². The van der Waals surface area contributed by atoms with Crippen molar-refractivity contribution in [1.82, 2.24) is 15.6 Å². The molecule has 0 saturated carbocycles. The number of carbonyl (C=O) groups is 1. The van der Waals surface area contributed by atoms with Crippen LogP contribution in [0.4, 0.5) is 4.79 Å². The van der Waals surface area contributed by atoms with Gasteiger partial charge in [-0.15, -0.1) is 0 Å². The summed E-state index contributed by atoms with van der Waals surface area (Å²) in [5.41, 5.74) is 3.59. The van der Waals surface area contributed by atoms with Gasteiger partial charge in [-0.3, -0.25) is 0 Å². The number of rotatable bonds is 7. The maximum absolute atomic E-state index is 11.8. The van der Waals surface area contributed by atoms with Crippen molar-refractivity contribution in [2.45, 2.75) is 39.2 Å². The minimum atomic E-state index is -0.170. The number of aryl methyl sites for hydroxylation is 1. The number of nitrogens with one attached hydrogen (secondary N) is 3. The molecule has 0 spiro atoms. The molecule has 0 bridgehead atoms. The van der Waals surface area contributed by atoms with Gasteiger partial charge in [-0.1, -0.05) is 19.1 Å². The molecule has 0 aliphatic rings. The topological polar surface area (TPSA) is 77.2 Å². The number of amides is 2. The molecule has 0 radical (unpaired) electrons. The molecule has 2 aromatic rings. The molecule has 1 atom stereocenters. The molecule has 22 heavy (non-hydrogen) atoms. The van der Waals surface area contributed by atoms with Crippen molar-refractivity contribution >= 4 is 16.9 Å². The first-order valence-corrected chi connectivity index (χ1v) is 7.86. The van der Waals surface area contributed by atoms with E-state index in [1.54, 1.807) is 0 Å². The Morgan fingerprint density at radius 3 is 2.95 bits per heavy atom. The van der Waals surface area contributed by atoms with Crippen LogP contribution in [0.2, 0.25) is 0 Å². The van der Waals surface area contributed by atoms with Gasteiger partial charge in [0.15, 0.2) is 0 Å². The largest absolute Gasteiger partial charge is 0.396 e. The van der Waals surface area contributed by atoms with E-state index in [4.69, 9.17) is 5.11 Å². The fourth-order valence-electron chi connectivity index (χ4n) is 2.73. The first-order chi connectivity index (χ1) is 10.7. The summed E-state index contributed by atoms with van der Waals surface area (Å²) < 4.78 is 0. The summed E-state index contributed by atoms with van der Waals surface area (Å²) in [5.74, 6) is 0. The molecule has 0 saturated heterocycles. The van der Waals surface area contributed by atoms with Crippen LogP contribution < -0.4 is 10.6 Å². The number of urea groups is 1. The molecule has 0 aliphatic heterocycles. The van der Waals surface area contributed by atoms with Gasteiger partial charge in [-0.25, -0.2) is 4.79 Å². The van der Waals surface area contributed by atoms with E-state index < -0.39 is 0 Å². The molecule has 0 aliphatic carbocycles. The summed E-state index contributed by atoms with van der Waals surface area (Å²) in [6.07, 6.45) is 4.20. The van der Waals surface area contributed by atoms with Crippen LogP contribution in [-0.2, 0) is 6.42 Å². The number of aromatic amines is 1. The highest BCUT2D eigenvalue weighted by atomic mass is 16.3. The lowest BCUT2D eigenvalue weighted by atomic mass is 10.1. The van der Waals surface area contributed by atoms with E-state index in [1.165, 1.54) is 16.5 Å². The molecule has 1 heterocycles. The van der Waals surface area contributed by atoms with Crippen molar-refractivity contribution in [3.8, 4) is 0 Å². The SMILES string of the molecule is CCC(CCO)NC(=O)NCCc1c[nH]c2cccc(C)c12. The number of fused-ring (bicyclic) bond motifs is 1. The number of carbonyl (C=O) groups excluding carboxylic acids is 1. The minimum Gasteiger partial charge on any atom is -0.396 e. The second-order valence-corrected chi connectivity index (χ2v) is 5.58. The van der Waals surface area contributed by atoms with Crippen LogP contribution in [0, 0.1) is 6.92 Å². The Balaban J connectivity index is 1.86. The van der Waals surface area contributed by atoms with E-state index in [2.05, 4.69) is 34.7 Å². The minimum absolute atomic E-state index is 0.0281. The van der Waals surface area contributed by atoms with E-state index in [0.717, 1.165) is 18.4 Å². The molecule has 0 fully saturated rings. The highest BCUT2D eigenvalue weighted by Crippen LogP contribution is 2.22. The van der Waals surface area contributed by atoms with Gasteiger partial charge in [0.05, 0.1) is 0 Å². The Morgan fingerprint density at radius 2 is 2.23 bits per heavy atom. The number of benzene rings is 1. The zero-order chi connectivity index (χ0) is 15.9. The normalized spacial score (nSPS) is 12.3. The van der Waals surface area contributed by atoms with Gasteiger partial charge in [0.2, 0.25) is 0 Å². The lowest BCUT2D eigenvalue weighted by Crippen LogP contribution is -2.42. The summed E-state index contributed by atoms with van der Waals surface area (Å²) in [4.78, 5) is 15.1. The van der Waals surface area contributed by atoms with Crippen molar-refractivity contribution in [2.24, 2.45) is 0 Å². The molecule has 120 valence electrons. The third-order valence-electron chi connectivity index (χ3n) is 3.98. The van der Waals surface area contributed by atoms with Crippen LogP contribution in [-0.4, -0.2) is 35.3 Å². The Morgan fingerprint density at radius 1 is 1.41 bits per heavy atom. The average Bonchev–Trinajstić information content (AvgIpc) is 2.91. The summed E-state index contributed by atoms with van der Waals surface area (Å²) in [6.45, 7) is 4.77. The molecule has 5 heteroatoms. The average molecular weight is 303 g/mol. The highest BCUT2D eigenvalue weighted by molar-refractivity contribution is 5.86. The van der Waals surface area contributed by atoms with Crippen molar-refractivity contribution in [3.63, 3.8) is 0 Å². The van der Waals surface area contributed by atoms with Gasteiger partial charge in [-0.05, 0) is 43.4 Å². The molecular formula is C17H25N3O2. The molecule has 1 aromatic carbocycles. The molecule has 2 rings (SSSR count). The molecule has 5 nitrogen and oxygen atoms in total. The second-order valence-electron chi connectivity index (χ2n) is 5.58. The third-order valence-corrected chi connectivity index (χ3v) is 3.98. The van der Waals surface area contributed by atoms with Crippen LogP contribution in [0.25, 0.3) is 10.9 Å². The first-order valence-electron chi connectivity index (χ1n) is 7.86. The molecular weight excluding hydrogens is 278 g/mol. The highest BCUT2D eigenvalue weighted by Gasteiger charge is 2.10. The van der Waals surface area contributed by atoms with Crippen molar-refractivity contribution in [1.29, 1.82) is 0 Å². The molecule has 1 aromatic heterocycles. The van der Waals surface area contributed by atoms with E-state index >= 15 is 0 Å². The van der Waals surface area contributed by atoms with Crippen LogP contribution >= 0.6 is 0 Å². The third kappa shape index (κ3) is 4.01. The predicted molar refractivity (Wildman–Crippen MR) is 89.1 cm³/mol. The van der Waals surface area contributed by atoms with Crippen LogP contribution in [0.3, 0.4) is 0 Å². The molecule has 1 unspecified atom stereocenters. The number of H-pyrrole nitrogens is 1. The fourth-order valence-corrected chi connectivity index (χ4v) is 2.73. The van der Waals surface area contributed by atoms with Gasteiger partial charge in [-0.2, -0.15) is 0 Å². The lowest BCUT2D eigenvalue weighted by molar-refractivity contribution is 0.228. The summed E-state index contributed by atoms with van der Waals surface area (Å²) >= 11 is 0. The van der Waals surface area contributed by atoms with Gasteiger partial charge >= 0.3 is 6.03 Å². The lowest BCUT2D eigenvalue weighted by Gasteiger charge is -2.16. The van der Waals surface area contributed by atoms with Gasteiger partial charge < -0.3 is 20.7 Å². The summed E-state index contributed by atoms with van der Waals surface area (Å²) in [5, 5.41) is 15.9. The van der Waals surface area contributed by atoms with Crippen molar-refractivity contribution in [3.05, 3.63) is 35.5 Å². The van der Waals surface area contributed by atoms with Crippen LogP contribution in [0.1, 0.15) is 30.9 Å². The zero-order valence-electron chi connectivity index (χ0n) is 13.3. The Labute approximate surface area is 131 Å². The van der Waals surface area contributed by atoms with E-state index in [-0.39, 0.29) is 18.7 Å². The number of hydrogen-bond donors (Lipinski definition) is 4. The molecule has 4 N–H and O–H groups in total. The van der Waals surface area contributed by atoms with Crippen molar-refractivity contribution < 1.29 is 9.90 Å². The van der Waals surface area contributed by atoms with E-state index in [0.29, 0.717) is 13.0 Å². The summed E-state index contributed by atoms with van der Waals surface area (Å²) in [6, 6.07) is 6.06. The standard InChI is InChI=1S/C17H25N3O2/c1-3-14(8-10-21)20-17(22)18-9-7-13-11-19-15-6-4-5-12(2)16(13)15/h4-6,11,14,19,21H,3,7-10H2,1-2H3,(H2,18,20,22). The smallest absolute Gasteiger partial charge is 0.315 e. The quantitative estimate of drug-likeness (QED) is 0.634. The van der Waals surface area contributed by atoms with E-state index in [1.807, 2.05) is 19.2 Å². The van der Waals surface area contributed by atoms with Gasteiger partial charge in [0.1, 0.15) is 0 Å². The Kier molecular flexibility index (Phi) is 5.83. The summed E-state index contributed by atoms with van der Waals surface area (Å²) in [7, 11) is 0. The molecule has 2 amide bonds. The number of hydrogen-bond acceptors (Lipinski definition) is 2. The van der Waals surface area contributed by atoms with Gasteiger partial charge in [0, 0.05) is 36.3 Å². The maximum atomic E-state index is 11.8.